The van der Waals surface area contributed by atoms with E-state index in [0.717, 1.165) is 69.0 Å². The van der Waals surface area contributed by atoms with E-state index in [-0.39, 0.29) is 22.0 Å². The fraction of sp³-hybridized carbons (Fsp3) is 0.452. The van der Waals surface area contributed by atoms with Gasteiger partial charge in [0.05, 0.1) is 16.7 Å². The molecule has 3 aliphatic rings. The quantitative estimate of drug-likeness (QED) is 0.375. The number of halogens is 2. The summed E-state index contributed by atoms with van der Waals surface area (Å²) < 4.78 is 54.8. The fourth-order valence-electron chi connectivity index (χ4n) is 6.92. The summed E-state index contributed by atoms with van der Waals surface area (Å²) in [5.74, 6) is -0.268. The number of aromatic nitrogens is 1. The lowest BCUT2D eigenvalue weighted by Crippen LogP contribution is -2.38. The highest BCUT2D eigenvalue weighted by Crippen LogP contribution is 2.56. The molecule has 1 aromatic heterocycles. The lowest BCUT2D eigenvalue weighted by atomic mass is 9.59. The van der Waals surface area contributed by atoms with E-state index in [2.05, 4.69) is 0 Å². The van der Waals surface area contributed by atoms with Crippen molar-refractivity contribution in [3.05, 3.63) is 82.4 Å². The van der Waals surface area contributed by atoms with Crippen molar-refractivity contribution in [1.82, 2.24) is 4.98 Å². The zero-order chi connectivity index (χ0) is 26.7. The predicted molar refractivity (Wildman–Crippen MR) is 143 cm³/mol. The zero-order valence-corrected chi connectivity index (χ0v) is 22.4. The van der Waals surface area contributed by atoms with Gasteiger partial charge in [-0.3, -0.25) is 4.98 Å². The van der Waals surface area contributed by atoms with E-state index >= 15 is 4.39 Å². The molecule has 1 N–H and O–H groups in total. The molecular formula is C31H33F2NO3S. The Bertz CT molecular complexity index is 1460. The van der Waals surface area contributed by atoms with Gasteiger partial charge in [0.15, 0.2) is 16.0 Å². The van der Waals surface area contributed by atoms with Crippen LogP contribution in [0.15, 0.2) is 53.4 Å². The smallest absolute Gasteiger partial charge is 0.175 e. The normalized spacial score (nSPS) is 21.7. The van der Waals surface area contributed by atoms with Crippen molar-refractivity contribution in [1.29, 1.82) is 0 Å². The predicted octanol–water partition coefficient (Wildman–Crippen LogP) is 7.16. The molecule has 0 radical (unpaired) electrons. The number of sulfone groups is 1. The second kappa shape index (κ2) is 9.53. The Labute approximate surface area is 223 Å². The number of hydrogen-bond acceptors (Lipinski definition) is 4. The molecule has 0 bridgehead atoms. The van der Waals surface area contributed by atoms with E-state index in [1.54, 1.807) is 12.1 Å². The van der Waals surface area contributed by atoms with E-state index in [4.69, 9.17) is 4.98 Å². The van der Waals surface area contributed by atoms with E-state index in [9.17, 15) is 17.9 Å². The zero-order valence-electron chi connectivity index (χ0n) is 21.6. The van der Waals surface area contributed by atoms with Crippen LogP contribution < -0.4 is 0 Å². The third kappa shape index (κ3) is 4.47. The van der Waals surface area contributed by atoms with Crippen LogP contribution in [0.25, 0.3) is 11.1 Å². The highest BCUT2D eigenvalue weighted by molar-refractivity contribution is 7.90. The number of rotatable bonds is 5. The molecule has 4 nitrogen and oxygen atoms in total. The largest absolute Gasteiger partial charge is 0.388 e. The van der Waals surface area contributed by atoms with Crippen molar-refractivity contribution in [2.75, 3.05) is 6.26 Å². The van der Waals surface area contributed by atoms with E-state index < -0.39 is 22.1 Å². The summed E-state index contributed by atoms with van der Waals surface area (Å²) in [6, 6.07) is 12.0. The Kier molecular flexibility index (Phi) is 6.42. The summed E-state index contributed by atoms with van der Waals surface area (Å²) in [6.07, 6.45) is 7.41. The topological polar surface area (TPSA) is 67.3 Å². The molecule has 1 heterocycles. The van der Waals surface area contributed by atoms with Crippen molar-refractivity contribution >= 4 is 9.84 Å². The molecule has 0 saturated heterocycles. The lowest BCUT2D eigenvalue weighted by molar-refractivity contribution is 0.0246. The molecule has 2 unspecified atom stereocenters. The van der Waals surface area contributed by atoms with Gasteiger partial charge in [0.25, 0.3) is 0 Å². The summed E-state index contributed by atoms with van der Waals surface area (Å²) in [5.41, 5.74) is 4.38. The SMILES string of the molecule is CS(=O)(=O)c1ccc(C(F)c2c(C3CCCC3)nc3c(c2-c2ccc(F)cc2)C(O)CC2(CCC2)C3)cc1. The maximum Gasteiger partial charge on any atom is 0.175 e. The molecule has 0 aliphatic heterocycles. The number of nitrogens with zero attached hydrogens (tertiary/aromatic N) is 1. The number of aliphatic hydroxyl groups is 1. The van der Waals surface area contributed by atoms with E-state index in [0.29, 0.717) is 34.2 Å². The molecule has 2 fully saturated rings. The van der Waals surface area contributed by atoms with E-state index in [1.807, 2.05) is 0 Å². The monoisotopic (exact) mass is 537 g/mol. The number of pyridine rings is 1. The summed E-state index contributed by atoms with van der Waals surface area (Å²) in [4.78, 5) is 5.29. The first-order valence-electron chi connectivity index (χ1n) is 13.6. The third-order valence-corrected chi connectivity index (χ3v) is 10.2. The average Bonchev–Trinajstić information content (AvgIpc) is 3.41. The minimum atomic E-state index is -3.42. The van der Waals surface area contributed by atoms with Crippen LogP contribution in [0.4, 0.5) is 8.78 Å². The number of hydrogen-bond donors (Lipinski definition) is 1. The molecule has 2 atom stereocenters. The van der Waals surface area contributed by atoms with Crippen LogP contribution in [-0.4, -0.2) is 24.8 Å². The Morgan fingerprint density at radius 2 is 1.66 bits per heavy atom. The van der Waals surface area contributed by atoms with Crippen LogP contribution in [-0.2, 0) is 16.3 Å². The van der Waals surface area contributed by atoms with Gasteiger partial charge in [0.2, 0.25) is 0 Å². The second-order valence-electron chi connectivity index (χ2n) is 11.6. The van der Waals surface area contributed by atoms with Gasteiger partial charge in [-0.05, 0) is 84.9 Å². The van der Waals surface area contributed by atoms with Gasteiger partial charge < -0.3 is 5.11 Å². The van der Waals surface area contributed by atoms with Crippen molar-refractivity contribution < 1.29 is 22.3 Å². The Morgan fingerprint density at radius 1 is 1.00 bits per heavy atom. The van der Waals surface area contributed by atoms with Crippen LogP contribution in [0.5, 0.6) is 0 Å². The van der Waals surface area contributed by atoms with Crippen LogP contribution in [0, 0.1) is 11.2 Å². The first-order chi connectivity index (χ1) is 18.2. The molecule has 7 heteroatoms. The third-order valence-electron chi connectivity index (χ3n) is 9.03. The van der Waals surface area contributed by atoms with Crippen molar-refractivity contribution in [2.45, 2.75) is 80.9 Å². The highest BCUT2D eigenvalue weighted by Gasteiger charge is 2.46. The van der Waals surface area contributed by atoms with Crippen LogP contribution in [0.3, 0.4) is 0 Å². The molecule has 38 heavy (non-hydrogen) atoms. The van der Waals surface area contributed by atoms with Gasteiger partial charge in [-0.2, -0.15) is 0 Å². The van der Waals surface area contributed by atoms with Gasteiger partial charge in [0, 0.05) is 29.0 Å². The molecule has 200 valence electrons. The van der Waals surface area contributed by atoms with Crippen molar-refractivity contribution in [3.63, 3.8) is 0 Å². The standard InChI is InChI=1S/C31H33F2NO3S/c1-38(36,37)23-13-9-20(10-14-23)29(33)28-26(19-7-11-22(32)12-8-19)27-24(34-30(28)21-5-2-3-6-21)17-31(15-4-16-31)18-25(27)35/h7-14,21,25,29,35H,2-6,15-18H2,1H3. The average molecular weight is 538 g/mol. The number of fused-ring (bicyclic) bond motifs is 1. The van der Waals surface area contributed by atoms with Crippen LogP contribution >= 0.6 is 0 Å². The van der Waals surface area contributed by atoms with E-state index in [1.165, 1.54) is 36.4 Å². The first kappa shape index (κ1) is 25.6. The van der Waals surface area contributed by atoms with Gasteiger partial charge in [-0.15, -0.1) is 0 Å². The number of aliphatic hydroxyl groups excluding tert-OH is 1. The molecule has 6 rings (SSSR count). The number of alkyl halides is 1. The second-order valence-corrected chi connectivity index (χ2v) is 13.6. The minimum Gasteiger partial charge on any atom is -0.388 e. The first-order valence-corrected chi connectivity index (χ1v) is 15.5. The van der Waals surface area contributed by atoms with Crippen LogP contribution in [0.2, 0.25) is 0 Å². The summed E-state index contributed by atoms with van der Waals surface area (Å²) >= 11 is 0. The van der Waals surface area contributed by atoms with Crippen molar-refractivity contribution in [3.8, 4) is 11.1 Å². The fourth-order valence-corrected chi connectivity index (χ4v) is 7.55. The molecule has 0 amide bonds. The molecule has 2 aromatic carbocycles. The molecule has 2 saturated carbocycles. The van der Waals surface area contributed by atoms with Crippen LogP contribution in [0.1, 0.15) is 97.6 Å². The molecule has 1 spiro atoms. The summed E-state index contributed by atoms with van der Waals surface area (Å²) in [6.45, 7) is 0. The maximum atomic E-state index is 16.8. The minimum absolute atomic E-state index is 0.0601. The van der Waals surface area contributed by atoms with Gasteiger partial charge in [-0.1, -0.05) is 43.5 Å². The van der Waals surface area contributed by atoms with Gasteiger partial charge in [-0.25, -0.2) is 17.2 Å². The summed E-state index contributed by atoms with van der Waals surface area (Å²) in [7, 11) is -3.42. The molecule has 3 aromatic rings. The highest BCUT2D eigenvalue weighted by atomic mass is 32.2. The maximum absolute atomic E-state index is 16.8. The van der Waals surface area contributed by atoms with Crippen molar-refractivity contribution in [2.24, 2.45) is 5.41 Å². The number of benzene rings is 2. The van der Waals surface area contributed by atoms with Gasteiger partial charge in [0.1, 0.15) is 5.82 Å². The van der Waals surface area contributed by atoms with Gasteiger partial charge >= 0.3 is 0 Å². The lowest BCUT2D eigenvalue weighted by Gasteiger charge is -2.47. The Morgan fingerprint density at radius 3 is 2.24 bits per heavy atom. The Balaban J connectivity index is 1.59. The molecule has 3 aliphatic carbocycles. The Hall–Kier alpha value is -2.64. The molecular weight excluding hydrogens is 504 g/mol. The summed E-state index contributed by atoms with van der Waals surface area (Å²) in [5, 5.41) is 11.5.